The number of fused-ring (bicyclic) bond motifs is 6. The summed E-state index contributed by atoms with van der Waals surface area (Å²) in [5, 5.41) is 0.915. The molecule has 6 rings (SSSR count). The van der Waals surface area contributed by atoms with Crippen LogP contribution in [0.25, 0.3) is 17.0 Å². The molecule has 1 unspecified atom stereocenters. The molecule has 0 spiro atoms. The predicted molar refractivity (Wildman–Crippen MR) is 155 cm³/mol. The Labute approximate surface area is 229 Å². The Kier molecular flexibility index (Phi) is 5.98. The SMILES string of the molecule is CCN1CCCc2cc3c4c(c(=O)n(C)c3cc21)C=C1C=C2C(CS(=O)(=O)O)=CC(C)(C)N(CC)C2C=C1O4. The van der Waals surface area contributed by atoms with Crippen LogP contribution < -0.4 is 15.2 Å². The maximum atomic E-state index is 13.6. The van der Waals surface area contributed by atoms with Gasteiger partial charge in [0.2, 0.25) is 0 Å². The zero-order chi connectivity index (χ0) is 27.9. The molecular weight excluding hydrogens is 514 g/mol. The molecule has 0 amide bonds. The number of nitrogens with zero attached hydrogens (tertiary/aromatic N) is 3. The van der Waals surface area contributed by atoms with Gasteiger partial charge in [-0.1, -0.05) is 13.0 Å². The van der Waals surface area contributed by atoms with Gasteiger partial charge in [-0.2, -0.15) is 8.42 Å². The molecule has 4 aliphatic rings. The highest BCUT2D eigenvalue weighted by Crippen LogP contribution is 2.44. The van der Waals surface area contributed by atoms with E-state index in [1.807, 2.05) is 38.2 Å². The molecule has 39 heavy (non-hydrogen) atoms. The molecule has 0 fully saturated rings. The summed E-state index contributed by atoms with van der Waals surface area (Å²) in [6.45, 7) is 11.0. The number of hydrogen-bond donors (Lipinski definition) is 1. The third kappa shape index (κ3) is 4.18. The highest BCUT2D eigenvalue weighted by atomic mass is 32.2. The van der Waals surface area contributed by atoms with Crippen molar-refractivity contribution in [3.8, 4) is 5.75 Å². The number of pyridine rings is 1. The topological polar surface area (TPSA) is 92.1 Å². The van der Waals surface area contributed by atoms with Crippen molar-refractivity contribution < 1.29 is 17.7 Å². The molecule has 3 aliphatic heterocycles. The van der Waals surface area contributed by atoms with E-state index < -0.39 is 21.4 Å². The molecule has 9 heteroatoms. The number of anilines is 1. The van der Waals surface area contributed by atoms with Gasteiger partial charge in [0.25, 0.3) is 15.7 Å². The number of ether oxygens (including phenoxy) is 1. The van der Waals surface area contributed by atoms with Crippen molar-refractivity contribution in [2.24, 2.45) is 7.05 Å². The first kappa shape index (κ1) is 26.1. The lowest BCUT2D eigenvalue weighted by Gasteiger charge is -2.47. The Balaban J connectivity index is 1.55. The summed E-state index contributed by atoms with van der Waals surface area (Å²) in [7, 11) is -2.44. The summed E-state index contributed by atoms with van der Waals surface area (Å²) in [5.41, 5.74) is 5.28. The fourth-order valence-electron chi connectivity index (χ4n) is 6.80. The van der Waals surface area contributed by atoms with Crippen LogP contribution in [0.3, 0.4) is 0 Å². The number of likely N-dealkylation sites (N-methyl/N-ethyl adjacent to an activating group) is 1. The van der Waals surface area contributed by atoms with E-state index in [0.717, 1.165) is 54.5 Å². The Bertz CT molecular complexity index is 1710. The molecule has 0 saturated carbocycles. The predicted octanol–water partition coefficient (Wildman–Crippen LogP) is 4.21. The van der Waals surface area contributed by atoms with Gasteiger partial charge >= 0.3 is 0 Å². The van der Waals surface area contributed by atoms with Crippen LogP contribution in [0, 0.1) is 0 Å². The van der Waals surface area contributed by atoms with Gasteiger partial charge in [-0.15, -0.1) is 0 Å². The zero-order valence-corrected chi connectivity index (χ0v) is 23.9. The van der Waals surface area contributed by atoms with E-state index in [-0.39, 0.29) is 11.6 Å². The summed E-state index contributed by atoms with van der Waals surface area (Å²) >= 11 is 0. The van der Waals surface area contributed by atoms with Gasteiger partial charge in [0.1, 0.15) is 17.3 Å². The maximum Gasteiger partial charge on any atom is 0.269 e. The molecule has 4 heterocycles. The Morgan fingerprint density at radius 1 is 1.15 bits per heavy atom. The highest BCUT2D eigenvalue weighted by Gasteiger charge is 2.41. The van der Waals surface area contributed by atoms with E-state index in [2.05, 4.69) is 35.8 Å². The summed E-state index contributed by atoms with van der Waals surface area (Å²) < 4.78 is 41.8. The number of rotatable bonds is 4. The van der Waals surface area contributed by atoms with Crippen molar-refractivity contribution in [2.45, 2.75) is 52.1 Å². The average molecular weight is 550 g/mol. The molecule has 8 nitrogen and oxygen atoms in total. The van der Waals surface area contributed by atoms with Gasteiger partial charge in [-0.05, 0) is 87.2 Å². The van der Waals surface area contributed by atoms with Gasteiger partial charge in [-0.3, -0.25) is 14.2 Å². The minimum absolute atomic E-state index is 0.142. The van der Waals surface area contributed by atoms with Gasteiger partial charge in [0.05, 0.1) is 17.1 Å². The molecule has 0 bridgehead atoms. The zero-order valence-electron chi connectivity index (χ0n) is 23.1. The molecule has 206 valence electrons. The minimum atomic E-state index is -4.23. The normalized spacial score (nSPS) is 22.0. The summed E-state index contributed by atoms with van der Waals surface area (Å²) in [5.74, 6) is 0.764. The van der Waals surface area contributed by atoms with Crippen LogP contribution >= 0.6 is 0 Å². The molecule has 0 radical (unpaired) electrons. The highest BCUT2D eigenvalue weighted by molar-refractivity contribution is 7.86. The molecule has 2 aromatic rings. The van der Waals surface area contributed by atoms with E-state index in [1.165, 1.54) is 11.3 Å². The lowest BCUT2D eigenvalue weighted by Crippen LogP contribution is -2.53. The van der Waals surface area contributed by atoms with Crippen LogP contribution in [0.1, 0.15) is 45.2 Å². The van der Waals surface area contributed by atoms with Crippen molar-refractivity contribution in [3.63, 3.8) is 0 Å². The van der Waals surface area contributed by atoms with E-state index in [4.69, 9.17) is 4.74 Å². The van der Waals surface area contributed by atoms with Gasteiger partial charge in [0.15, 0.2) is 0 Å². The quantitative estimate of drug-likeness (QED) is 0.572. The summed E-state index contributed by atoms with van der Waals surface area (Å²) in [4.78, 5) is 18.2. The Hall–Kier alpha value is -3.14. The van der Waals surface area contributed by atoms with Gasteiger partial charge in [-0.25, -0.2) is 0 Å². The van der Waals surface area contributed by atoms with Crippen molar-refractivity contribution in [2.75, 3.05) is 30.3 Å². The Morgan fingerprint density at radius 2 is 1.92 bits per heavy atom. The first-order valence-electron chi connectivity index (χ1n) is 13.6. The van der Waals surface area contributed by atoms with E-state index >= 15 is 0 Å². The summed E-state index contributed by atoms with van der Waals surface area (Å²) in [6, 6.07) is 4.08. The van der Waals surface area contributed by atoms with E-state index in [0.29, 0.717) is 22.6 Å². The van der Waals surface area contributed by atoms with Gasteiger partial charge in [0, 0.05) is 42.3 Å². The fourth-order valence-corrected chi connectivity index (χ4v) is 7.44. The number of hydrogen-bond acceptors (Lipinski definition) is 6. The number of aromatic nitrogens is 1. The van der Waals surface area contributed by atoms with Crippen LogP contribution in [-0.2, 0) is 23.6 Å². The van der Waals surface area contributed by atoms with Gasteiger partial charge < -0.3 is 14.2 Å². The molecule has 1 atom stereocenters. The van der Waals surface area contributed by atoms with Crippen molar-refractivity contribution >= 4 is 32.8 Å². The molecule has 1 N–H and O–H groups in total. The van der Waals surface area contributed by atoms with Crippen LogP contribution in [0.2, 0.25) is 0 Å². The van der Waals surface area contributed by atoms with E-state index in [9.17, 15) is 17.8 Å². The minimum Gasteiger partial charge on any atom is -0.455 e. The van der Waals surface area contributed by atoms with Crippen LogP contribution in [0.15, 0.2) is 57.6 Å². The lowest BCUT2D eigenvalue weighted by atomic mass is 9.80. The molecule has 0 saturated heterocycles. The monoisotopic (exact) mass is 549 g/mol. The first-order valence-corrected chi connectivity index (χ1v) is 15.2. The molecule has 1 aromatic heterocycles. The second-order valence-corrected chi connectivity index (χ2v) is 12.9. The number of benzene rings is 1. The van der Waals surface area contributed by atoms with Crippen molar-refractivity contribution in [1.82, 2.24) is 9.47 Å². The first-order chi connectivity index (χ1) is 18.4. The molecule has 1 aromatic carbocycles. The lowest BCUT2D eigenvalue weighted by molar-refractivity contribution is 0.141. The Morgan fingerprint density at radius 3 is 2.62 bits per heavy atom. The number of aryl methyl sites for hydroxylation is 2. The fraction of sp³-hybridized carbons (Fsp3) is 0.433. The summed E-state index contributed by atoms with van der Waals surface area (Å²) in [6.07, 6.45) is 9.78. The second kappa shape index (κ2) is 8.94. The van der Waals surface area contributed by atoms with Crippen LogP contribution in [-0.4, -0.2) is 59.4 Å². The maximum absolute atomic E-state index is 13.6. The largest absolute Gasteiger partial charge is 0.455 e. The van der Waals surface area contributed by atoms with E-state index in [1.54, 1.807) is 11.6 Å². The van der Waals surface area contributed by atoms with Crippen LogP contribution in [0.4, 0.5) is 5.69 Å². The standard InChI is InChI=1S/C30H35N3O5S/c1-6-32-10-8-9-18-11-22-25(14-24(18)32)31(5)29(34)23-13-19-12-21-20(17-39(35,36)37)16-30(3,4)33(7-2)26(21)15-27(19)38-28(22)23/h11-16,26H,6-10,17H2,1-5H3,(H,35,36,37). The third-order valence-electron chi connectivity index (χ3n) is 8.57. The molecular formula is C30H35N3O5S. The third-order valence-corrected chi connectivity index (χ3v) is 9.24. The molecule has 1 aliphatic carbocycles. The second-order valence-electron chi connectivity index (χ2n) is 11.4. The van der Waals surface area contributed by atoms with Crippen molar-refractivity contribution in [3.05, 3.63) is 74.3 Å². The number of allylic oxidation sites excluding steroid dienone is 1. The van der Waals surface area contributed by atoms with Crippen molar-refractivity contribution in [1.29, 1.82) is 0 Å². The smallest absolute Gasteiger partial charge is 0.269 e. The van der Waals surface area contributed by atoms with Crippen LogP contribution in [0.5, 0.6) is 5.75 Å². The average Bonchev–Trinajstić information content (AvgIpc) is 2.87.